The van der Waals surface area contributed by atoms with Gasteiger partial charge in [-0.2, -0.15) is 0 Å². The van der Waals surface area contributed by atoms with Crippen LogP contribution in [-0.4, -0.2) is 23.6 Å². The van der Waals surface area contributed by atoms with Gasteiger partial charge in [-0.3, -0.25) is 14.6 Å². The van der Waals surface area contributed by atoms with Crippen molar-refractivity contribution < 1.29 is 23.5 Å². The van der Waals surface area contributed by atoms with Gasteiger partial charge in [0.2, 0.25) is 6.79 Å². The molecule has 2 N–H and O–H groups in total. The van der Waals surface area contributed by atoms with E-state index in [-0.39, 0.29) is 30.3 Å². The molecule has 0 fully saturated rings. The topological polar surface area (TPSA) is 89.6 Å². The van der Waals surface area contributed by atoms with Gasteiger partial charge in [-0.1, -0.05) is 18.2 Å². The Kier molecular flexibility index (Phi) is 5.07. The van der Waals surface area contributed by atoms with E-state index in [1.54, 1.807) is 18.2 Å². The number of aromatic nitrogens is 1. The first kappa shape index (κ1) is 18.4. The number of ether oxygens (including phenoxy) is 2. The van der Waals surface area contributed by atoms with Crippen LogP contribution >= 0.6 is 0 Å². The molecule has 0 unspecified atom stereocenters. The maximum atomic E-state index is 13.7. The summed E-state index contributed by atoms with van der Waals surface area (Å²) in [4.78, 5) is 28.8. The van der Waals surface area contributed by atoms with Gasteiger partial charge in [-0.25, -0.2) is 4.39 Å². The third-order valence-corrected chi connectivity index (χ3v) is 4.27. The second-order valence-corrected chi connectivity index (χ2v) is 6.23. The zero-order valence-corrected chi connectivity index (χ0v) is 15.1. The minimum absolute atomic E-state index is 0.0584. The molecular formula is C21H16FN3O4. The van der Waals surface area contributed by atoms with Crippen LogP contribution in [0.5, 0.6) is 11.5 Å². The summed E-state index contributed by atoms with van der Waals surface area (Å²) >= 11 is 0. The highest BCUT2D eigenvalue weighted by atomic mass is 19.1. The molecule has 2 heterocycles. The summed E-state index contributed by atoms with van der Waals surface area (Å²) in [5.41, 5.74) is 1.16. The van der Waals surface area contributed by atoms with Crippen molar-refractivity contribution in [1.82, 2.24) is 10.3 Å². The Labute approximate surface area is 165 Å². The normalized spacial score (nSPS) is 11.8. The number of carbonyl (C=O) groups excluding carboxylic acids is 2. The predicted octanol–water partition coefficient (Wildman–Crippen LogP) is 3.13. The molecule has 0 saturated carbocycles. The summed E-state index contributed by atoms with van der Waals surface area (Å²) < 4.78 is 24.3. The molecule has 4 rings (SSSR count). The van der Waals surface area contributed by atoms with Gasteiger partial charge in [-0.05, 0) is 42.0 Å². The van der Waals surface area contributed by atoms with E-state index < -0.39 is 17.6 Å². The van der Waals surface area contributed by atoms with Crippen LogP contribution in [0.25, 0.3) is 0 Å². The summed E-state index contributed by atoms with van der Waals surface area (Å²) in [6, 6.07) is 14.0. The molecule has 0 radical (unpaired) electrons. The van der Waals surface area contributed by atoms with E-state index in [0.29, 0.717) is 11.5 Å². The first-order chi connectivity index (χ1) is 14.1. The summed E-state index contributed by atoms with van der Waals surface area (Å²) in [6.45, 7) is 0.430. The molecular weight excluding hydrogens is 377 g/mol. The molecule has 146 valence electrons. The zero-order valence-electron chi connectivity index (χ0n) is 15.1. The average molecular weight is 393 g/mol. The van der Waals surface area contributed by atoms with Crippen LogP contribution in [-0.2, 0) is 6.54 Å². The van der Waals surface area contributed by atoms with E-state index in [1.807, 2.05) is 6.07 Å². The molecule has 7 nitrogen and oxygen atoms in total. The quantitative estimate of drug-likeness (QED) is 0.695. The molecule has 0 saturated heterocycles. The highest BCUT2D eigenvalue weighted by Crippen LogP contribution is 2.32. The van der Waals surface area contributed by atoms with Gasteiger partial charge in [0.25, 0.3) is 11.8 Å². The minimum atomic E-state index is -0.545. The van der Waals surface area contributed by atoms with Crippen LogP contribution in [0.1, 0.15) is 26.4 Å². The Hall–Kier alpha value is -3.94. The third kappa shape index (κ3) is 4.16. The van der Waals surface area contributed by atoms with Gasteiger partial charge >= 0.3 is 0 Å². The molecule has 0 bridgehead atoms. The smallest absolute Gasteiger partial charge is 0.270 e. The number of anilines is 1. The number of para-hydroxylation sites is 1. The molecule has 2 amide bonds. The average Bonchev–Trinajstić information content (AvgIpc) is 3.21. The lowest BCUT2D eigenvalue weighted by atomic mass is 10.2. The van der Waals surface area contributed by atoms with Gasteiger partial charge in [0.1, 0.15) is 11.5 Å². The van der Waals surface area contributed by atoms with Crippen molar-refractivity contribution in [2.24, 2.45) is 0 Å². The minimum Gasteiger partial charge on any atom is -0.454 e. The Bertz CT molecular complexity index is 1090. The van der Waals surface area contributed by atoms with Crippen LogP contribution in [0.3, 0.4) is 0 Å². The molecule has 8 heteroatoms. The lowest BCUT2D eigenvalue weighted by molar-refractivity contribution is 0.0946. The SMILES string of the molecule is O=C(Nc1ccccc1F)c1ccnc(C(=O)NCc2ccc3c(c2)OCO3)c1. The Morgan fingerprint density at radius 1 is 1.00 bits per heavy atom. The van der Waals surface area contributed by atoms with Crippen LogP contribution in [0, 0.1) is 5.82 Å². The second-order valence-electron chi connectivity index (χ2n) is 6.23. The number of carbonyl (C=O) groups is 2. The number of pyridine rings is 1. The van der Waals surface area contributed by atoms with E-state index in [4.69, 9.17) is 9.47 Å². The number of nitrogens with one attached hydrogen (secondary N) is 2. The summed E-state index contributed by atoms with van der Waals surface area (Å²) in [5, 5.41) is 5.22. The molecule has 3 aromatic rings. The van der Waals surface area contributed by atoms with Crippen molar-refractivity contribution in [3.05, 3.63) is 83.4 Å². The number of hydrogen-bond acceptors (Lipinski definition) is 5. The number of fused-ring (bicyclic) bond motifs is 1. The second kappa shape index (κ2) is 7.97. The fourth-order valence-electron chi connectivity index (χ4n) is 2.78. The number of halogens is 1. The van der Waals surface area contributed by atoms with Crippen LogP contribution in [0.15, 0.2) is 60.8 Å². The number of benzene rings is 2. The van der Waals surface area contributed by atoms with Crippen molar-refractivity contribution in [3.8, 4) is 11.5 Å². The molecule has 1 aliphatic rings. The van der Waals surface area contributed by atoms with Crippen molar-refractivity contribution in [3.63, 3.8) is 0 Å². The lowest BCUT2D eigenvalue weighted by Crippen LogP contribution is -2.24. The molecule has 2 aromatic carbocycles. The number of rotatable bonds is 5. The monoisotopic (exact) mass is 393 g/mol. The number of hydrogen-bond donors (Lipinski definition) is 2. The van der Waals surface area contributed by atoms with Gasteiger partial charge in [-0.15, -0.1) is 0 Å². The molecule has 0 atom stereocenters. The summed E-state index contributed by atoms with van der Waals surface area (Å²) in [6.07, 6.45) is 1.35. The molecule has 0 spiro atoms. The van der Waals surface area contributed by atoms with E-state index in [2.05, 4.69) is 15.6 Å². The zero-order chi connectivity index (χ0) is 20.2. The first-order valence-electron chi connectivity index (χ1n) is 8.79. The number of nitrogens with zero attached hydrogens (tertiary/aromatic N) is 1. The van der Waals surface area contributed by atoms with Crippen molar-refractivity contribution in [2.45, 2.75) is 6.54 Å². The van der Waals surface area contributed by atoms with Crippen molar-refractivity contribution >= 4 is 17.5 Å². The summed E-state index contributed by atoms with van der Waals surface area (Å²) in [7, 11) is 0. The van der Waals surface area contributed by atoms with Gasteiger partial charge < -0.3 is 20.1 Å². The van der Waals surface area contributed by atoms with Crippen LogP contribution in [0.2, 0.25) is 0 Å². The maximum absolute atomic E-state index is 13.7. The standard InChI is InChI=1S/C21H16FN3O4/c22-15-3-1-2-4-16(15)25-20(26)14-7-8-23-17(10-14)21(27)24-11-13-5-6-18-19(9-13)29-12-28-18/h1-10H,11-12H2,(H,24,27)(H,25,26). The largest absolute Gasteiger partial charge is 0.454 e. The van der Waals surface area contributed by atoms with Crippen molar-refractivity contribution in [2.75, 3.05) is 12.1 Å². The van der Waals surface area contributed by atoms with E-state index in [9.17, 15) is 14.0 Å². The molecule has 1 aromatic heterocycles. The molecule has 1 aliphatic heterocycles. The highest BCUT2D eigenvalue weighted by molar-refractivity contribution is 6.05. The van der Waals surface area contributed by atoms with E-state index in [1.165, 1.54) is 36.5 Å². The summed E-state index contributed by atoms with van der Waals surface area (Å²) in [5.74, 6) is -0.237. The Balaban J connectivity index is 1.42. The van der Waals surface area contributed by atoms with Crippen LogP contribution < -0.4 is 20.1 Å². The number of amides is 2. The van der Waals surface area contributed by atoms with Crippen LogP contribution in [0.4, 0.5) is 10.1 Å². The third-order valence-electron chi connectivity index (χ3n) is 4.27. The predicted molar refractivity (Wildman–Crippen MR) is 102 cm³/mol. The van der Waals surface area contributed by atoms with E-state index in [0.717, 1.165) is 5.56 Å². The van der Waals surface area contributed by atoms with Crippen molar-refractivity contribution in [1.29, 1.82) is 0 Å². The maximum Gasteiger partial charge on any atom is 0.270 e. The Morgan fingerprint density at radius 2 is 1.83 bits per heavy atom. The Morgan fingerprint density at radius 3 is 2.69 bits per heavy atom. The van der Waals surface area contributed by atoms with E-state index >= 15 is 0 Å². The van der Waals surface area contributed by atoms with Gasteiger partial charge in [0.15, 0.2) is 11.5 Å². The fraction of sp³-hybridized carbons (Fsp3) is 0.0952. The first-order valence-corrected chi connectivity index (χ1v) is 8.79. The highest BCUT2D eigenvalue weighted by Gasteiger charge is 2.15. The van der Waals surface area contributed by atoms with Gasteiger partial charge in [0.05, 0.1) is 5.69 Å². The fourth-order valence-corrected chi connectivity index (χ4v) is 2.78. The molecule has 0 aliphatic carbocycles. The van der Waals surface area contributed by atoms with Gasteiger partial charge in [0, 0.05) is 18.3 Å². The molecule has 29 heavy (non-hydrogen) atoms. The lowest BCUT2D eigenvalue weighted by Gasteiger charge is -2.08.